The van der Waals surface area contributed by atoms with E-state index in [0.717, 1.165) is 6.07 Å². The van der Waals surface area contributed by atoms with Crippen LogP contribution in [0.1, 0.15) is 20.3 Å². The molecule has 0 aromatic heterocycles. The van der Waals surface area contributed by atoms with Crippen molar-refractivity contribution in [1.29, 1.82) is 5.26 Å². The minimum atomic E-state index is -0.644. The SMILES string of the molecule is CC(C)CN(CCC#N)c1cc(F)cc([N+](=O)[O-])c1. The fourth-order valence-corrected chi connectivity index (χ4v) is 1.80. The van der Waals surface area contributed by atoms with Crippen LogP contribution in [0.5, 0.6) is 0 Å². The third-order valence-electron chi connectivity index (χ3n) is 2.52. The molecule has 1 aromatic rings. The third-order valence-corrected chi connectivity index (χ3v) is 2.52. The van der Waals surface area contributed by atoms with Gasteiger partial charge < -0.3 is 4.90 Å². The molecule has 6 heteroatoms. The summed E-state index contributed by atoms with van der Waals surface area (Å²) in [5, 5.41) is 19.4. The van der Waals surface area contributed by atoms with Gasteiger partial charge in [-0.3, -0.25) is 10.1 Å². The van der Waals surface area contributed by atoms with E-state index in [-0.39, 0.29) is 12.1 Å². The summed E-state index contributed by atoms with van der Waals surface area (Å²) in [7, 11) is 0. The molecule has 1 aromatic carbocycles. The third kappa shape index (κ3) is 4.54. The van der Waals surface area contributed by atoms with Gasteiger partial charge >= 0.3 is 0 Å². The molecule has 0 radical (unpaired) electrons. The number of nitro groups is 1. The molecule has 0 heterocycles. The Bertz CT molecular complexity index is 497. The number of nitro benzene ring substituents is 1. The van der Waals surface area contributed by atoms with Crippen molar-refractivity contribution in [1.82, 2.24) is 0 Å². The van der Waals surface area contributed by atoms with Crippen molar-refractivity contribution in [2.45, 2.75) is 20.3 Å². The van der Waals surface area contributed by atoms with Gasteiger partial charge in [-0.2, -0.15) is 5.26 Å². The molecule has 0 bridgehead atoms. The molecule has 102 valence electrons. The van der Waals surface area contributed by atoms with E-state index in [1.54, 1.807) is 4.90 Å². The summed E-state index contributed by atoms with van der Waals surface area (Å²) in [4.78, 5) is 11.9. The Labute approximate surface area is 111 Å². The molecule has 0 aliphatic carbocycles. The molecule has 0 aliphatic heterocycles. The number of nitrogens with zero attached hydrogens (tertiary/aromatic N) is 3. The Morgan fingerprint density at radius 1 is 1.47 bits per heavy atom. The van der Waals surface area contributed by atoms with Gasteiger partial charge in [0.1, 0.15) is 5.82 Å². The minimum Gasteiger partial charge on any atom is -0.370 e. The molecular formula is C13H16FN3O2. The normalized spacial score (nSPS) is 10.3. The first-order valence-electron chi connectivity index (χ1n) is 6.01. The number of hydrogen-bond acceptors (Lipinski definition) is 4. The van der Waals surface area contributed by atoms with Gasteiger partial charge in [-0.1, -0.05) is 13.8 Å². The topological polar surface area (TPSA) is 70.2 Å². The average Bonchev–Trinajstić information content (AvgIpc) is 2.33. The van der Waals surface area contributed by atoms with Crippen LogP contribution < -0.4 is 4.90 Å². The number of anilines is 1. The van der Waals surface area contributed by atoms with E-state index >= 15 is 0 Å². The van der Waals surface area contributed by atoms with Gasteiger partial charge in [-0.05, 0) is 12.0 Å². The summed E-state index contributed by atoms with van der Waals surface area (Å²) >= 11 is 0. The maximum atomic E-state index is 13.4. The zero-order chi connectivity index (χ0) is 14.4. The zero-order valence-electron chi connectivity index (χ0n) is 11.0. The summed E-state index contributed by atoms with van der Waals surface area (Å²) in [5.41, 5.74) is 0.163. The van der Waals surface area contributed by atoms with E-state index < -0.39 is 10.7 Å². The monoisotopic (exact) mass is 265 g/mol. The quantitative estimate of drug-likeness (QED) is 0.585. The van der Waals surface area contributed by atoms with Crippen LogP contribution in [0, 0.1) is 33.2 Å². The van der Waals surface area contributed by atoms with Gasteiger partial charge in [0.2, 0.25) is 0 Å². The first-order chi connectivity index (χ1) is 8.93. The lowest BCUT2D eigenvalue weighted by atomic mass is 10.1. The van der Waals surface area contributed by atoms with Crippen molar-refractivity contribution in [3.8, 4) is 6.07 Å². The molecule has 0 saturated carbocycles. The van der Waals surface area contributed by atoms with Crippen molar-refractivity contribution < 1.29 is 9.31 Å². The fourth-order valence-electron chi connectivity index (χ4n) is 1.80. The van der Waals surface area contributed by atoms with Crippen LogP contribution in [-0.4, -0.2) is 18.0 Å². The molecule has 0 N–H and O–H groups in total. The van der Waals surface area contributed by atoms with Crippen molar-refractivity contribution >= 4 is 11.4 Å². The molecule has 1 rings (SSSR count). The van der Waals surface area contributed by atoms with E-state index in [9.17, 15) is 14.5 Å². The number of non-ortho nitro benzene ring substituents is 1. The number of halogens is 1. The lowest BCUT2D eigenvalue weighted by molar-refractivity contribution is -0.385. The second-order valence-electron chi connectivity index (χ2n) is 4.67. The average molecular weight is 265 g/mol. The smallest absolute Gasteiger partial charge is 0.274 e. The molecule has 0 atom stereocenters. The second-order valence-corrected chi connectivity index (χ2v) is 4.67. The molecule has 0 amide bonds. The number of rotatable bonds is 6. The Morgan fingerprint density at radius 2 is 2.16 bits per heavy atom. The van der Waals surface area contributed by atoms with Gasteiger partial charge in [-0.25, -0.2) is 4.39 Å². The number of nitriles is 1. The number of hydrogen-bond donors (Lipinski definition) is 0. The predicted molar refractivity (Wildman–Crippen MR) is 70.3 cm³/mol. The Kier molecular flexibility index (Phi) is 5.24. The van der Waals surface area contributed by atoms with Gasteiger partial charge in [0.15, 0.2) is 0 Å². The number of benzene rings is 1. The van der Waals surface area contributed by atoms with Crippen LogP contribution in [-0.2, 0) is 0 Å². The highest BCUT2D eigenvalue weighted by Gasteiger charge is 2.15. The zero-order valence-corrected chi connectivity index (χ0v) is 11.0. The Morgan fingerprint density at radius 3 is 2.68 bits per heavy atom. The van der Waals surface area contributed by atoms with E-state index in [1.165, 1.54) is 12.1 Å². The molecule has 19 heavy (non-hydrogen) atoms. The van der Waals surface area contributed by atoms with Crippen LogP contribution >= 0.6 is 0 Å². The maximum absolute atomic E-state index is 13.4. The second kappa shape index (κ2) is 6.69. The lowest BCUT2D eigenvalue weighted by Gasteiger charge is -2.25. The predicted octanol–water partition coefficient (Wildman–Crippen LogP) is 3.11. The maximum Gasteiger partial charge on any atom is 0.274 e. The summed E-state index contributed by atoms with van der Waals surface area (Å²) in [6.07, 6.45) is 0.289. The molecule has 0 unspecified atom stereocenters. The molecule has 0 spiro atoms. The van der Waals surface area contributed by atoms with Crippen molar-refractivity contribution in [3.63, 3.8) is 0 Å². The van der Waals surface area contributed by atoms with Crippen LogP contribution in [0.15, 0.2) is 18.2 Å². The highest BCUT2D eigenvalue weighted by Crippen LogP contribution is 2.24. The molecular weight excluding hydrogens is 249 g/mol. The summed E-state index contributed by atoms with van der Waals surface area (Å²) in [5.74, 6) is -0.337. The van der Waals surface area contributed by atoms with Crippen molar-refractivity contribution in [2.24, 2.45) is 5.92 Å². The lowest BCUT2D eigenvalue weighted by Crippen LogP contribution is -2.28. The van der Waals surface area contributed by atoms with E-state index in [1.807, 2.05) is 19.9 Å². The van der Waals surface area contributed by atoms with E-state index in [2.05, 4.69) is 0 Å². The molecule has 0 aliphatic rings. The van der Waals surface area contributed by atoms with Crippen molar-refractivity contribution in [2.75, 3.05) is 18.0 Å². The first kappa shape index (κ1) is 14.9. The van der Waals surface area contributed by atoms with Gasteiger partial charge in [-0.15, -0.1) is 0 Å². The first-order valence-corrected chi connectivity index (χ1v) is 6.01. The fraction of sp³-hybridized carbons (Fsp3) is 0.462. The summed E-state index contributed by atoms with van der Waals surface area (Å²) in [6, 6.07) is 5.51. The van der Waals surface area contributed by atoms with E-state index in [0.29, 0.717) is 24.7 Å². The van der Waals surface area contributed by atoms with Crippen LogP contribution in [0.3, 0.4) is 0 Å². The Hall–Kier alpha value is -2.16. The van der Waals surface area contributed by atoms with Crippen LogP contribution in [0.25, 0.3) is 0 Å². The minimum absolute atomic E-state index is 0.277. The van der Waals surface area contributed by atoms with Crippen LogP contribution in [0.4, 0.5) is 15.8 Å². The summed E-state index contributed by atoms with van der Waals surface area (Å²) < 4.78 is 13.4. The Balaban J connectivity index is 3.06. The molecule has 0 saturated heterocycles. The van der Waals surface area contributed by atoms with Gasteiger partial charge in [0, 0.05) is 24.8 Å². The molecule has 0 fully saturated rings. The van der Waals surface area contributed by atoms with Crippen molar-refractivity contribution in [3.05, 3.63) is 34.1 Å². The molecule has 5 nitrogen and oxygen atoms in total. The van der Waals surface area contributed by atoms with Gasteiger partial charge in [0.05, 0.1) is 23.5 Å². The largest absolute Gasteiger partial charge is 0.370 e. The highest BCUT2D eigenvalue weighted by atomic mass is 19.1. The summed E-state index contributed by atoms with van der Waals surface area (Å²) in [6.45, 7) is 5.03. The van der Waals surface area contributed by atoms with Gasteiger partial charge in [0.25, 0.3) is 5.69 Å². The van der Waals surface area contributed by atoms with E-state index in [4.69, 9.17) is 5.26 Å². The standard InChI is InChI=1S/C13H16FN3O2/c1-10(2)9-16(5-3-4-15)12-6-11(14)7-13(8-12)17(18)19/h6-8,10H,3,5,9H2,1-2H3. The van der Waals surface area contributed by atoms with Crippen LogP contribution in [0.2, 0.25) is 0 Å². The highest BCUT2D eigenvalue weighted by molar-refractivity contribution is 5.53.